The summed E-state index contributed by atoms with van der Waals surface area (Å²) < 4.78 is 26.9. The molecule has 2 rings (SSSR count). The van der Waals surface area contributed by atoms with Gasteiger partial charge < -0.3 is 10.6 Å². The number of carbonyl (C=O) groups excluding carboxylic acids is 2. The van der Waals surface area contributed by atoms with Crippen LogP contribution in [0.15, 0.2) is 47.4 Å². The molecular formula is C18H19Cl2N3O4S. The maximum absolute atomic E-state index is 12.3. The van der Waals surface area contributed by atoms with Gasteiger partial charge in [-0.3, -0.25) is 9.59 Å². The van der Waals surface area contributed by atoms with Gasteiger partial charge in [-0.05, 0) is 42.5 Å². The summed E-state index contributed by atoms with van der Waals surface area (Å²) in [4.78, 5) is 23.3. The summed E-state index contributed by atoms with van der Waals surface area (Å²) in [5.41, 5.74) is 0.977. The first kappa shape index (κ1) is 22.2. The number of hydrogen-bond acceptors (Lipinski definition) is 4. The summed E-state index contributed by atoms with van der Waals surface area (Å²) in [7, 11) is -3.85. The molecule has 0 aromatic heterocycles. The second-order valence-corrected chi connectivity index (χ2v) is 8.29. The molecule has 150 valence electrons. The molecule has 0 unspecified atom stereocenters. The molecule has 0 spiro atoms. The van der Waals surface area contributed by atoms with Crippen molar-refractivity contribution in [2.45, 2.75) is 18.2 Å². The molecule has 2 aromatic rings. The Labute approximate surface area is 173 Å². The van der Waals surface area contributed by atoms with E-state index >= 15 is 0 Å². The second kappa shape index (κ2) is 9.88. The molecule has 2 aromatic carbocycles. The molecule has 0 atom stereocenters. The lowest BCUT2D eigenvalue weighted by Gasteiger charge is -2.10. The van der Waals surface area contributed by atoms with Gasteiger partial charge in [0.1, 0.15) is 4.90 Å². The number of halogens is 2. The Balaban J connectivity index is 1.86. The van der Waals surface area contributed by atoms with Crippen molar-refractivity contribution in [1.29, 1.82) is 0 Å². The van der Waals surface area contributed by atoms with E-state index in [9.17, 15) is 18.0 Å². The SMILES string of the molecule is CCC(=O)Nc1ccc(C(=O)NCCNS(=O)(=O)c2cc(Cl)ccc2Cl)cc1. The van der Waals surface area contributed by atoms with E-state index in [1.807, 2.05) is 0 Å². The summed E-state index contributed by atoms with van der Waals surface area (Å²) in [5, 5.41) is 5.59. The molecule has 2 amide bonds. The van der Waals surface area contributed by atoms with Gasteiger partial charge in [0, 0.05) is 35.8 Å². The minimum Gasteiger partial charge on any atom is -0.351 e. The van der Waals surface area contributed by atoms with Crippen LogP contribution in [0.3, 0.4) is 0 Å². The highest BCUT2D eigenvalue weighted by Gasteiger charge is 2.18. The standard InChI is InChI=1S/C18H19Cl2N3O4S/c1-2-17(24)23-14-6-3-12(4-7-14)18(25)21-9-10-22-28(26,27)16-11-13(19)5-8-15(16)20/h3-8,11,22H,2,9-10H2,1H3,(H,21,25)(H,23,24). The predicted octanol–water partition coefficient (Wildman–Crippen LogP) is 3.05. The van der Waals surface area contributed by atoms with Gasteiger partial charge in [-0.1, -0.05) is 30.1 Å². The number of sulfonamides is 1. The maximum atomic E-state index is 12.3. The smallest absolute Gasteiger partial charge is 0.251 e. The molecule has 3 N–H and O–H groups in total. The number of benzene rings is 2. The summed E-state index contributed by atoms with van der Waals surface area (Å²) in [6.45, 7) is 1.79. The zero-order valence-electron chi connectivity index (χ0n) is 15.0. The van der Waals surface area contributed by atoms with Crippen molar-refractivity contribution in [2.24, 2.45) is 0 Å². The number of hydrogen-bond donors (Lipinski definition) is 3. The Kier molecular flexibility index (Phi) is 7.82. The third-order valence-electron chi connectivity index (χ3n) is 3.64. The van der Waals surface area contributed by atoms with Crippen molar-refractivity contribution in [3.8, 4) is 0 Å². The highest BCUT2D eigenvalue weighted by atomic mass is 35.5. The molecule has 0 heterocycles. The van der Waals surface area contributed by atoms with E-state index in [0.29, 0.717) is 17.7 Å². The van der Waals surface area contributed by atoms with Crippen molar-refractivity contribution in [3.63, 3.8) is 0 Å². The van der Waals surface area contributed by atoms with Crippen LogP contribution in [0.4, 0.5) is 5.69 Å². The van der Waals surface area contributed by atoms with Crippen LogP contribution in [0.1, 0.15) is 23.7 Å². The van der Waals surface area contributed by atoms with Gasteiger partial charge in [0.15, 0.2) is 0 Å². The van der Waals surface area contributed by atoms with Crippen molar-refractivity contribution in [1.82, 2.24) is 10.0 Å². The molecule has 0 aliphatic carbocycles. The number of carbonyl (C=O) groups is 2. The van der Waals surface area contributed by atoms with Gasteiger partial charge in [0.25, 0.3) is 5.91 Å². The van der Waals surface area contributed by atoms with E-state index in [1.165, 1.54) is 18.2 Å². The summed E-state index contributed by atoms with van der Waals surface area (Å²) in [6, 6.07) is 10.5. The number of amides is 2. The van der Waals surface area contributed by atoms with Gasteiger partial charge in [0.2, 0.25) is 15.9 Å². The number of nitrogens with one attached hydrogen (secondary N) is 3. The fourth-order valence-corrected chi connectivity index (χ4v) is 3.97. The normalized spacial score (nSPS) is 11.1. The Hall–Kier alpha value is -2.13. The van der Waals surface area contributed by atoms with Gasteiger partial charge in [-0.25, -0.2) is 13.1 Å². The summed E-state index contributed by atoms with van der Waals surface area (Å²) in [5.74, 6) is -0.488. The average Bonchev–Trinajstić information content (AvgIpc) is 2.67. The van der Waals surface area contributed by atoms with Crippen molar-refractivity contribution in [3.05, 3.63) is 58.1 Å². The Morgan fingerprint density at radius 2 is 1.68 bits per heavy atom. The van der Waals surface area contributed by atoms with Crippen LogP contribution in [0, 0.1) is 0 Å². The van der Waals surface area contributed by atoms with Crippen LogP contribution in [0.5, 0.6) is 0 Å². The zero-order chi connectivity index (χ0) is 20.7. The summed E-state index contributed by atoms with van der Waals surface area (Å²) in [6.07, 6.45) is 0.360. The molecule has 28 heavy (non-hydrogen) atoms. The van der Waals surface area contributed by atoms with E-state index in [-0.39, 0.29) is 39.8 Å². The first-order valence-corrected chi connectivity index (χ1v) is 10.6. The van der Waals surface area contributed by atoms with Gasteiger partial charge >= 0.3 is 0 Å². The Bertz CT molecular complexity index is 963. The van der Waals surface area contributed by atoms with Gasteiger partial charge in [-0.2, -0.15) is 0 Å². The molecule has 0 saturated heterocycles. The van der Waals surface area contributed by atoms with Crippen LogP contribution < -0.4 is 15.4 Å². The molecular weight excluding hydrogens is 425 g/mol. The molecule has 0 bridgehead atoms. The minimum atomic E-state index is -3.85. The largest absolute Gasteiger partial charge is 0.351 e. The molecule has 0 aliphatic heterocycles. The first-order valence-electron chi connectivity index (χ1n) is 8.35. The topological polar surface area (TPSA) is 104 Å². The molecule has 0 aliphatic rings. The molecule has 0 radical (unpaired) electrons. The van der Waals surface area contributed by atoms with Crippen molar-refractivity contribution < 1.29 is 18.0 Å². The highest BCUT2D eigenvalue weighted by molar-refractivity contribution is 7.89. The van der Waals surface area contributed by atoms with E-state index in [2.05, 4.69) is 15.4 Å². The molecule has 10 heteroatoms. The quantitative estimate of drug-likeness (QED) is 0.545. The van der Waals surface area contributed by atoms with E-state index < -0.39 is 10.0 Å². The lowest BCUT2D eigenvalue weighted by atomic mass is 10.2. The lowest BCUT2D eigenvalue weighted by molar-refractivity contribution is -0.115. The fraction of sp³-hybridized carbons (Fsp3) is 0.222. The average molecular weight is 444 g/mol. The van der Waals surface area contributed by atoms with Gasteiger partial charge in [-0.15, -0.1) is 0 Å². The van der Waals surface area contributed by atoms with E-state index in [0.717, 1.165) is 0 Å². The van der Waals surface area contributed by atoms with Crippen LogP contribution in [-0.4, -0.2) is 33.3 Å². The minimum absolute atomic E-state index is 0.0262. The zero-order valence-corrected chi connectivity index (χ0v) is 17.3. The van der Waals surface area contributed by atoms with Crippen LogP contribution >= 0.6 is 23.2 Å². The van der Waals surface area contributed by atoms with Crippen LogP contribution in [0.2, 0.25) is 10.0 Å². The Morgan fingerprint density at radius 1 is 1.00 bits per heavy atom. The third kappa shape index (κ3) is 6.20. The summed E-state index contributed by atoms with van der Waals surface area (Å²) >= 11 is 11.7. The third-order valence-corrected chi connectivity index (χ3v) is 5.82. The number of anilines is 1. The monoisotopic (exact) mass is 443 g/mol. The molecule has 0 fully saturated rings. The van der Waals surface area contributed by atoms with E-state index in [4.69, 9.17) is 23.2 Å². The van der Waals surface area contributed by atoms with E-state index in [1.54, 1.807) is 31.2 Å². The molecule has 7 nitrogen and oxygen atoms in total. The fourth-order valence-electron chi connectivity index (χ4n) is 2.18. The first-order chi connectivity index (χ1) is 13.2. The van der Waals surface area contributed by atoms with Crippen LogP contribution in [0.25, 0.3) is 0 Å². The Morgan fingerprint density at radius 3 is 2.32 bits per heavy atom. The van der Waals surface area contributed by atoms with Crippen molar-refractivity contribution in [2.75, 3.05) is 18.4 Å². The van der Waals surface area contributed by atoms with Crippen LogP contribution in [-0.2, 0) is 14.8 Å². The predicted molar refractivity (Wildman–Crippen MR) is 109 cm³/mol. The van der Waals surface area contributed by atoms with Gasteiger partial charge in [0.05, 0.1) is 5.02 Å². The van der Waals surface area contributed by atoms with Crippen molar-refractivity contribution >= 4 is 50.7 Å². The maximum Gasteiger partial charge on any atom is 0.251 e. The highest BCUT2D eigenvalue weighted by Crippen LogP contribution is 2.24. The molecule has 0 saturated carbocycles. The lowest BCUT2D eigenvalue weighted by Crippen LogP contribution is -2.34. The second-order valence-electron chi connectivity index (χ2n) is 5.71. The number of rotatable bonds is 8.